The smallest absolute Gasteiger partial charge is 0.0642 e. The molecule has 3 N–H and O–H groups in total. The van der Waals surface area contributed by atoms with Gasteiger partial charge >= 0.3 is 0 Å². The Labute approximate surface area is 124 Å². The van der Waals surface area contributed by atoms with Crippen molar-refractivity contribution in [3.63, 3.8) is 0 Å². The van der Waals surface area contributed by atoms with Crippen LogP contribution in [0.4, 0.5) is 0 Å². The van der Waals surface area contributed by atoms with Gasteiger partial charge in [0.1, 0.15) is 0 Å². The molecule has 1 heterocycles. The van der Waals surface area contributed by atoms with Crippen LogP contribution in [-0.4, -0.2) is 49.6 Å². The second-order valence-electron chi connectivity index (χ2n) is 5.12. The molecule has 1 saturated heterocycles. The van der Waals surface area contributed by atoms with Gasteiger partial charge in [0.15, 0.2) is 0 Å². The topological polar surface area (TPSA) is 44.5 Å². The van der Waals surface area contributed by atoms with E-state index in [4.69, 9.17) is 29.0 Å². The maximum Gasteiger partial charge on any atom is 0.0642 e. The Hall–Kier alpha value is -0.360. The number of nitrogens with two attached hydrogens (primary N) is 1. The van der Waals surface area contributed by atoms with Gasteiger partial charge in [-0.25, -0.2) is 0 Å². The average Bonchev–Trinajstić information content (AvgIpc) is 2.36. The number of nitrogens with one attached hydrogen (secondary N) is 1. The number of benzene rings is 1. The van der Waals surface area contributed by atoms with Gasteiger partial charge in [0.05, 0.1) is 6.04 Å². The lowest BCUT2D eigenvalue weighted by atomic mass is 9.97. The van der Waals surface area contributed by atoms with E-state index in [0.29, 0.717) is 10.0 Å². The highest BCUT2D eigenvalue weighted by atomic mass is 35.5. The molecule has 2 rings (SSSR count). The highest BCUT2D eigenvalue weighted by molar-refractivity contribution is 6.35. The summed E-state index contributed by atoms with van der Waals surface area (Å²) < 4.78 is 0. The van der Waals surface area contributed by atoms with E-state index >= 15 is 0 Å². The molecule has 0 radical (unpaired) electrons. The first-order chi connectivity index (χ1) is 9.02. The molecule has 1 aliphatic rings. The summed E-state index contributed by atoms with van der Waals surface area (Å²) in [7, 11) is 4.24. The Balaban J connectivity index is 2.27. The van der Waals surface area contributed by atoms with Gasteiger partial charge in [0, 0.05) is 35.7 Å². The van der Waals surface area contributed by atoms with Gasteiger partial charge in [0.2, 0.25) is 0 Å². The number of likely N-dealkylation sites (N-methyl/N-ethyl adjacent to an activating group) is 2. The van der Waals surface area contributed by atoms with E-state index in [1.807, 2.05) is 12.1 Å². The summed E-state index contributed by atoms with van der Waals surface area (Å²) >= 11 is 12.2. The fourth-order valence-corrected chi connectivity index (χ4v) is 3.09. The monoisotopic (exact) mass is 302 g/mol. The summed E-state index contributed by atoms with van der Waals surface area (Å²) in [6.45, 7) is 3.04. The predicted octanol–water partition coefficient (Wildman–Crippen LogP) is 1.74. The van der Waals surface area contributed by atoms with Crippen LogP contribution >= 0.6 is 23.2 Å². The first-order valence-corrected chi connectivity index (χ1v) is 7.08. The van der Waals surface area contributed by atoms with E-state index in [-0.39, 0.29) is 12.1 Å². The van der Waals surface area contributed by atoms with Crippen LogP contribution < -0.4 is 11.3 Å². The Morgan fingerprint density at radius 1 is 1.32 bits per heavy atom. The summed E-state index contributed by atoms with van der Waals surface area (Å²) in [5.41, 5.74) is 3.89. The van der Waals surface area contributed by atoms with E-state index < -0.39 is 0 Å². The van der Waals surface area contributed by atoms with E-state index in [9.17, 15) is 0 Å². The fraction of sp³-hybridized carbons (Fsp3) is 0.538. The molecule has 0 aromatic heterocycles. The lowest BCUT2D eigenvalue weighted by Crippen LogP contribution is -2.56. The van der Waals surface area contributed by atoms with Crippen molar-refractivity contribution >= 4 is 23.2 Å². The molecule has 6 heteroatoms. The molecule has 1 aliphatic heterocycles. The molecule has 19 heavy (non-hydrogen) atoms. The van der Waals surface area contributed by atoms with Gasteiger partial charge in [-0.05, 0) is 31.8 Å². The van der Waals surface area contributed by atoms with Gasteiger partial charge in [0.25, 0.3) is 0 Å². The fourth-order valence-electron chi connectivity index (χ4n) is 2.57. The maximum atomic E-state index is 6.29. The molecule has 2 atom stereocenters. The van der Waals surface area contributed by atoms with Crippen molar-refractivity contribution in [2.45, 2.75) is 12.1 Å². The quantitative estimate of drug-likeness (QED) is 0.659. The zero-order valence-corrected chi connectivity index (χ0v) is 12.7. The largest absolute Gasteiger partial charge is 0.303 e. The standard InChI is InChI=1S/C13H20Cl2N4/c1-18-5-6-19(2)12(8-18)13(17-16)10-4-3-9(14)7-11(10)15/h3-4,7,12-13,17H,5-6,8,16H2,1-2H3. The summed E-state index contributed by atoms with van der Waals surface area (Å²) in [6.07, 6.45) is 0. The van der Waals surface area contributed by atoms with Crippen LogP contribution in [0.3, 0.4) is 0 Å². The van der Waals surface area contributed by atoms with Gasteiger partial charge in [-0.2, -0.15) is 0 Å². The van der Waals surface area contributed by atoms with Crippen molar-refractivity contribution < 1.29 is 0 Å². The molecular formula is C13H20Cl2N4. The van der Waals surface area contributed by atoms with E-state index in [0.717, 1.165) is 25.2 Å². The predicted molar refractivity (Wildman–Crippen MR) is 80.4 cm³/mol. The Kier molecular flexibility index (Phi) is 5.06. The Bertz CT molecular complexity index is 441. The third-order valence-electron chi connectivity index (χ3n) is 3.76. The molecule has 2 unspecified atom stereocenters. The minimum atomic E-state index is -0.0162. The first-order valence-electron chi connectivity index (χ1n) is 6.32. The van der Waals surface area contributed by atoms with Crippen LogP contribution in [0.5, 0.6) is 0 Å². The molecule has 1 aromatic rings. The molecule has 1 fully saturated rings. The number of piperazine rings is 1. The number of rotatable bonds is 3. The second kappa shape index (κ2) is 6.39. The summed E-state index contributed by atoms with van der Waals surface area (Å²) in [6, 6.07) is 5.81. The SMILES string of the molecule is CN1CCN(C)C(C(NN)c2ccc(Cl)cc2Cl)C1. The van der Waals surface area contributed by atoms with Crippen LogP contribution in [0.1, 0.15) is 11.6 Å². The zero-order valence-electron chi connectivity index (χ0n) is 11.2. The van der Waals surface area contributed by atoms with Gasteiger partial charge in [-0.1, -0.05) is 29.3 Å². The number of hydrazine groups is 1. The maximum absolute atomic E-state index is 6.29. The molecule has 0 bridgehead atoms. The van der Waals surface area contributed by atoms with Crippen molar-refractivity contribution in [3.8, 4) is 0 Å². The molecule has 0 spiro atoms. The van der Waals surface area contributed by atoms with Crippen molar-refractivity contribution in [2.24, 2.45) is 5.84 Å². The number of hydrogen-bond donors (Lipinski definition) is 2. The minimum absolute atomic E-state index is 0.0162. The molecule has 106 valence electrons. The Morgan fingerprint density at radius 3 is 2.68 bits per heavy atom. The second-order valence-corrected chi connectivity index (χ2v) is 5.96. The Morgan fingerprint density at radius 2 is 2.05 bits per heavy atom. The first kappa shape index (κ1) is 15.0. The molecule has 4 nitrogen and oxygen atoms in total. The van der Waals surface area contributed by atoms with Crippen molar-refractivity contribution in [1.82, 2.24) is 15.2 Å². The average molecular weight is 303 g/mol. The molecule has 0 aliphatic carbocycles. The normalized spacial score (nSPS) is 23.5. The lowest BCUT2D eigenvalue weighted by Gasteiger charge is -2.42. The molecule has 1 aromatic carbocycles. The summed E-state index contributed by atoms with van der Waals surface area (Å²) in [5, 5.41) is 1.29. The number of nitrogens with zero attached hydrogens (tertiary/aromatic N) is 2. The minimum Gasteiger partial charge on any atom is -0.303 e. The summed E-state index contributed by atoms with van der Waals surface area (Å²) in [4.78, 5) is 4.62. The van der Waals surface area contributed by atoms with E-state index in [2.05, 4.69) is 29.3 Å². The van der Waals surface area contributed by atoms with Crippen molar-refractivity contribution in [1.29, 1.82) is 0 Å². The van der Waals surface area contributed by atoms with E-state index in [1.165, 1.54) is 0 Å². The van der Waals surface area contributed by atoms with Crippen molar-refractivity contribution in [3.05, 3.63) is 33.8 Å². The summed E-state index contributed by atoms with van der Waals surface area (Å²) in [5.74, 6) is 5.76. The van der Waals surface area contributed by atoms with Gasteiger partial charge in [-0.3, -0.25) is 16.2 Å². The molecule has 0 amide bonds. The van der Waals surface area contributed by atoms with Crippen LogP contribution in [0.25, 0.3) is 0 Å². The van der Waals surface area contributed by atoms with E-state index in [1.54, 1.807) is 6.07 Å². The van der Waals surface area contributed by atoms with Crippen LogP contribution in [-0.2, 0) is 0 Å². The zero-order chi connectivity index (χ0) is 14.0. The highest BCUT2D eigenvalue weighted by Crippen LogP contribution is 2.30. The van der Waals surface area contributed by atoms with Crippen LogP contribution in [0, 0.1) is 0 Å². The molecule has 0 saturated carbocycles. The van der Waals surface area contributed by atoms with Gasteiger partial charge in [-0.15, -0.1) is 0 Å². The highest BCUT2D eigenvalue weighted by Gasteiger charge is 2.31. The number of hydrogen-bond acceptors (Lipinski definition) is 4. The molecular weight excluding hydrogens is 283 g/mol. The number of halogens is 2. The van der Waals surface area contributed by atoms with Crippen LogP contribution in [0.15, 0.2) is 18.2 Å². The van der Waals surface area contributed by atoms with Crippen molar-refractivity contribution in [2.75, 3.05) is 33.7 Å². The van der Waals surface area contributed by atoms with Gasteiger partial charge < -0.3 is 4.90 Å². The lowest BCUT2D eigenvalue weighted by molar-refractivity contribution is 0.0877. The third kappa shape index (κ3) is 3.40. The van der Waals surface area contributed by atoms with Crippen LogP contribution in [0.2, 0.25) is 10.0 Å². The third-order valence-corrected chi connectivity index (χ3v) is 4.32.